The van der Waals surface area contributed by atoms with Crippen LogP contribution in [0.4, 0.5) is 4.39 Å². The van der Waals surface area contributed by atoms with Gasteiger partial charge in [0, 0.05) is 6.42 Å². The van der Waals surface area contributed by atoms with E-state index in [0.717, 1.165) is 5.56 Å². The summed E-state index contributed by atoms with van der Waals surface area (Å²) in [6.07, 6.45) is 0.608. The van der Waals surface area contributed by atoms with Crippen molar-refractivity contribution in [3.8, 4) is 11.8 Å². The number of nitriles is 1. The molecule has 3 heteroatoms. The molecule has 0 aliphatic heterocycles. The molecule has 0 aliphatic carbocycles. The van der Waals surface area contributed by atoms with Gasteiger partial charge >= 0.3 is 0 Å². The smallest absolute Gasteiger partial charge is 0.123 e. The highest BCUT2D eigenvalue weighted by molar-refractivity contribution is 5.28. The Kier molecular flexibility index (Phi) is 4.73. The van der Waals surface area contributed by atoms with Gasteiger partial charge in [0.1, 0.15) is 11.6 Å². The van der Waals surface area contributed by atoms with Crippen LogP contribution in [0.25, 0.3) is 0 Å². The van der Waals surface area contributed by atoms with Crippen LogP contribution in [0.15, 0.2) is 48.5 Å². The van der Waals surface area contributed by atoms with Crippen molar-refractivity contribution in [3.05, 3.63) is 65.5 Å². The van der Waals surface area contributed by atoms with Gasteiger partial charge in [-0.3, -0.25) is 0 Å². The molecule has 1 unspecified atom stereocenters. The maximum atomic E-state index is 12.7. The average molecular weight is 269 g/mol. The van der Waals surface area contributed by atoms with Gasteiger partial charge in [-0.1, -0.05) is 29.8 Å². The minimum Gasteiger partial charge on any atom is -0.494 e. The quantitative estimate of drug-likeness (QED) is 0.814. The summed E-state index contributed by atoms with van der Waals surface area (Å²) in [5.74, 6) is 0.148. The molecule has 0 fully saturated rings. The molecule has 0 spiro atoms. The van der Waals surface area contributed by atoms with Crippen LogP contribution in [-0.2, 0) is 0 Å². The third-order valence-electron chi connectivity index (χ3n) is 3.12. The van der Waals surface area contributed by atoms with Gasteiger partial charge in [0.25, 0.3) is 0 Å². The first-order valence-electron chi connectivity index (χ1n) is 6.53. The summed E-state index contributed by atoms with van der Waals surface area (Å²) in [5.41, 5.74) is 2.17. The Bertz CT molecular complexity index is 584. The van der Waals surface area contributed by atoms with Crippen LogP contribution < -0.4 is 4.74 Å². The maximum Gasteiger partial charge on any atom is 0.123 e. The largest absolute Gasteiger partial charge is 0.494 e. The number of aryl methyl sites for hydroxylation is 1. The van der Waals surface area contributed by atoms with Gasteiger partial charge in [-0.15, -0.1) is 0 Å². The molecule has 0 bridgehead atoms. The Balaban J connectivity index is 1.90. The lowest BCUT2D eigenvalue weighted by molar-refractivity contribution is 0.305. The Morgan fingerprint density at radius 3 is 2.35 bits per heavy atom. The van der Waals surface area contributed by atoms with Gasteiger partial charge in [-0.2, -0.15) is 5.26 Å². The number of rotatable bonds is 5. The molecule has 20 heavy (non-hydrogen) atoms. The third-order valence-corrected chi connectivity index (χ3v) is 3.12. The first-order chi connectivity index (χ1) is 9.69. The zero-order chi connectivity index (χ0) is 14.4. The first-order valence-corrected chi connectivity index (χ1v) is 6.53. The van der Waals surface area contributed by atoms with Crippen LogP contribution in [0.2, 0.25) is 0 Å². The van der Waals surface area contributed by atoms with Gasteiger partial charge in [-0.05, 0) is 36.8 Å². The van der Waals surface area contributed by atoms with E-state index in [4.69, 9.17) is 4.74 Å². The van der Waals surface area contributed by atoms with Gasteiger partial charge < -0.3 is 4.74 Å². The normalized spacial score (nSPS) is 11.7. The van der Waals surface area contributed by atoms with Crippen LogP contribution in [0.1, 0.15) is 23.5 Å². The zero-order valence-electron chi connectivity index (χ0n) is 11.3. The summed E-state index contributed by atoms with van der Waals surface area (Å²) in [5, 5.41) is 9.23. The molecule has 0 amide bonds. The molecular weight excluding hydrogens is 253 g/mol. The van der Waals surface area contributed by atoms with Crippen LogP contribution >= 0.6 is 0 Å². The number of hydrogen-bond donors (Lipinski definition) is 0. The second kappa shape index (κ2) is 6.72. The molecule has 0 saturated carbocycles. The van der Waals surface area contributed by atoms with E-state index in [1.54, 1.807) is 12.1 Å². The highest BCUT2D eigenvalue weighted by Gasteiger charge is 2.10. The minimum absolute atomic E-state index is 0.184. The van der Waals surface area contributed by atoms with Crippen molar-refractivity contribution in [1.29, 1.82) is 5.26 Å². The van der Waals surface area contributed by atoms with E-state index in [-0.39, 0.29) is 11.7 Å². The summed E-state index contributed by atoms with van der Waals surface area (Å²) >= 11 is 0. The molecule has 2 rings (SSSR count). The fraction of sp³-hybridized carbons (Fsp3) is 0.235. The van der Waals surface area contributed by atoms with Gasteiger partial charge in [-0.25, -0.2) is 4.39 Å². The van der Waals surface area contributed by atoms with E-state index in [9.17, 15) is 9.65 Å². The molecule has 2 aromatic carbocycles. The molecule has 2 aromatic rings. The summed E-state index contributed by atoms with van der Waals surface area (Å²) < 4.78 is 18.3. The van der Waals surface area contributed by atoms with Crippen molar-refractivity contribution >= 4 is 0 Å². The highest BCUT2D eigenvalue weighted by atomic mass is 19.1. The number of hydrogen-bond acceptors (Lipinski definition) is 2. The fourth-order valence-corrected chi connectivity index (χ4v) is 1.93. The third kappa shape index (κ3) is 3.83. The molecule has 0 aliphatic rings. The summed E-state index contributed by atoms with van der Waals surface area (Å²) in [6.45, 7) is 2.44. The summed E-state index contributed by atoms with van der Waals surface area (Å²) in [6, 6.07) is 16.1. The topological polar surface area (TPSA) is 33.0 Å². The van der Waals surface area contributed by atoms with Gasteiger partial charge in [0.2, 0.25) is 0 Å². The Morgan fingerprint density at radius 1 is 1.10 bits per heavy atom. The van der Waals surface area contributed by atoms with Crippen molar-refractivity contribution in [2.45, 2.75) is 19.3 Å². The Morgan fingerprint density at radius 2 is 1.75 bits per heavy atom. The number of halogens is 1. The van der Waals surface area contributed by atoms with Crippen LogP contribution in [0.3, 0.4) is 0 Å². The molecule has 0 heterocycles. The molecule has 0 radical (unpaired) electrons. The lowest BCUT2D eigenvalue weighted by atomic mass is 9.97. The van der Waals surface area contributed by atoms with Crippen LogP contribution in [-0.4, -0.2) is 6.61 Å². The van der Waals surface area contributed by atoms with E-state index < -0.39 is 0 Å². The van der Waals surface area contributed by atoms with Crippen LogP contribution in [0, 0.1) is 24.1 Å². The second-order valence-corrected chi connectivity index (χ2v) is 4.68. The maximum absolute atomic E-state index is 12.7. The minimum atomic E-state index is -0.285. The molecule has 0 N–H and O–H groups in total. The predicted molar refractivity (Wildman–Crippen MR) is 76.0 cm³/mol. The SMILES string of the molecule is Cc1ccc(C(C#N)CCOc2ccc(F)cc2)cc1. The van der Waals surface area contributed by atoms with E-state index in [1.807, 2.05) is 31.2 Å². The fourth-order valence-electron chi connectivity index (χ4n) is 1.93. The second-order valence-electron chi connectivity index (χ2n) is 4.68. The van der Waals surface area contributed by atoms with Gasteiger partial charge in [0.15, 0.2) is 0 Å². The monoisotopic (exact) mass is 269 g/mol. The number of ether oxygens (including phenoxy) is 1. The van der Waals surface area contributed by atoms with E-state index >= 15 is 0 Å². The predicted octanol–water partition coefficient (Wildman–Crippen LogP) is 4.21. The van der Waals surface area contributed by atoms with E-state index in [1.165, 1.54) is 17.7 Å². The Labute approximate surface area is 118 Å². The van der Waals surface area contributed by atoms with Crippen molar-refractivity contribution in [3.63, 3.8) is 0 Å². The van der Waals surface area contributed by atoms with Crippen molar-refractivity contribution in [2.75, 3.05) is 6.61 Å². The first kappa shape index (κ1) is 14.1. The molecule has 0 aromatic heterocycles. The standard InChI is InChI=1S/C17H16FNO/c1-13-2-4-14(5-3-13)15(12-19)10-11-20-17-8-6-16(18)7-9-17/h2-9,15H,10-11H2,1H3. The Hall–Kier alpha value is -2.34. The molecule has 1 atom stereocenters. The molecule has 2 nitrogen and oxygen atoms in total. The summed E-state index contributed by atoms with van der Waals surface area (Å²) in [7, 11) is 0. The van der Waals surface area contributed by atoms with E-state index in [0.29, 0.717) is 18.8 Å². The summed E-state index contributed by atoms with van der Waals surface area (Å²) in [4.78, 5) is 0. The lowest BCUT2D eigenvalue weighted by Crippen LogP contribution is -2.04. The van der Waals surface area contributed by atoms with Gasteiger partial charge in [0.05, 0.1) is 18.6 Å². The van der Waals surface area contributed by atoms with Crippen molar-refractivity contribution < 1.29 is 9.13 Å². The van der Waals surface area contributed by atoms with Crippen molar-refractivity contribution in [2.24, 2.45) is 0 Å². The lowest BCUT2D eigenvalue weighted by Gasteiger charge is -2.11. The molecule has 0 saturated heterocycles. The van der Waals surface area contributed by atoms with Crippen LogP contribution in [0.5, 0.6) is 5.75 Å². The van der Waals surface area contributed by atoms with E-state index in [2.05, 4.69) is 6.07 Å². The molecular formula is C17H16FNO. The highest BCUT2D eigenvalue weighted by Crippen LogP contribution is 2.20. The zero-order valence-corrected chi connectivity index (χ0v) is 11.3. The average Bonchev–Trinajstić information content (AvgIpc) is 2.47. The van der Waals surface area contributed by atoms with Crippen molar-refractivity contribution in [1.82, 2.24) is 0 Å². The number of benzene rings is 2. The molecule has 102 valence electrons. The number of nitrogens with zero attached hydrogens (tertiary/aromatic N) is 1.